The average Bonchev–Trinajstić information content (AvgIpc) is 3.59. The van der Waals surface area contributed by atoms with E-state index in [-0.39, 0.29) is 0 Å². The number of nitrogens with zero attached hydrogens (tertiary/aromatic N) is 4. The van der Waals surface area contributed by atoms with E-state index in [9.17, 15) is 0 Å². The topological polar surface area (TPSA) is 54.1 Å². The van der Waals surface area contributed by atoms with Crippen molar-refractivity contribution in [2.24, 2.45) is 0 Å². The van der Waals surface area contributed by atoms with Crippen LogP contribution < -0.4 is 9.47 Å². The van der Waals surface area contributed by atoms with Crippen LogP contribution >= 0.6 is 0 Å². The van der Waals surface area contributed by atoms with Gasteiger partial charge in [0.15, 0.2) is 0 Å². The molecule has 0 atom stereocenters. The summed E-state index contributed by atoms with van der Waals surface area (Å²) in [5.74, 6) is 3.61. The lowest BCUT2D eigenvalue weighted by Crippen LogP contribution is -2.00. The minimum absolute atomic E-state index is 0.561. The van der Waals surface area contributed by atoms with Crippen molar-refractivity contribution in [2.75, 3.05) is 0 Å². The van der Waals surface area contributed by atoms with Crippen LogP contribution in [0.5, 0.6) is 23.1 Å². The Balaban J connectivity index is 1.20. The minimum Gasteiger partial charge on any atom is -0.457 e. The summed E-state index contributed by atoms with van der Waals surface area (Å²) in [5, 5.41) is 7.35. The van der Waals surface area contributed by atoms with Crippen LogP contribution in [0.15, 0.2) is 134 Å². The minimum atomic E-state index is 0.561. The first-order chi connectivity index (χ1) is 23.4. The van der Waals surface area contributed by atoms with E-state index in [1.807, 2.05) is 77.6 Å². The molecule has 0 saturated carbocycles. The number of aromatic nitrogens is 4. The molecule has 3 heterocycles. The zero-order chi connectivity index (χ0) is 32.8. The average molecular weight is 627 g/mol. The Labute approximate surface area is 279 Å². The molecule has 0 aliphatic heterocycles. The smallest absolute Gasteiger partial charge is 0.246 e. The van der Waals surface area contributed by atoms with Crippen molar-refractivity contribution >= 4 is 21.8 Å². The Morgan fingerprint density at radius 2 is 1.25 bits per heavy atom. The predicted octanol–water partition coefficient (Wildman–Crippen LogP) is 10.8. The third-order valence-electron chi connectivity index (χ3n) is 8.85. The van der Waals surface area contributed by atoms with Gasteiger partial charge in [-0.25, -0.2) is 9.67 Å². The van der Waals surface area contributed by atoms with Crippen molar-refractivity contribution in [1.82, 2.24) is 19.3 Å². The monoisotopic (exact) mass is 626 g/mol. The lowest BCUT2D eigenvalue weighted by molar-refractivity contribution is 0.458. The number of benzene rings is 5. The highest BCUT2D eigenvalue weighted by atomic mass is 16.5. The van der Waals surface area contributed by atoms with E-state index < -0.39 is 0 Å². The second-order valence-electron chi connectivity index (χ2n) is 12.2. The molecule has 6 nitrogen and oxygen atoms in total. The third-order valence-corrected chi connectivity index (χ3v) is 8.85. The molecule has 0 bridgehead atoms. The second-order valence-corrected chi connectivity index (χ2v) is 12.2. The van der Waals surface area contributed by atoms with E-state index in [1.54, 1.807) is 0 Å². The summed E-state index contributed by atoms with van der Waals surface area (Å²) in [4.78, 5) is 4.72. The number of fused-ring (bicyclic) bond motifs is 3. The van der Waals surface area contributed by atoms with Crippen molar-refractivity contribution in [3.8, 4) is 45.8 Å². The summed E-state index contributed by atoms with van der Waals surface area (Å²) in [6.45, 7) is 8.44. The Kier molecular flexibility index (Phi) is 7.26. The van der Waals surface area contributed by atoms with Crippen molar-refractivity contribution in [1.29, 1.82) is 0 Å². The van der Waals surface area contributed by atoms with E-state index in [1.165, 1.54) is 16.5 Å². The van der Waals surface area contributed by atoms with E-state index in [4.69, 9.17) is 19.6 Å². The molecule has 0 fully saturated rings. The fourth-order valence-corrected chi connectivity index (χ4v) is 6.61. The van der Waals surface area contributed by atoms with Crippen LogP contribution in [0, 0.1) is 27.7 Å². The molecule has 48 heavy (non-hydrogen) atoms. The Hall–Kier alpha value is -6.14. The molecule has 0 aliphatic carbocycles. The highest BCUT2D eigenvalue weighted by Gasteiger charge is 2.23. The van der Waals surface area contributed by atoms with Gasteiger partial charge in [-0.1, -0.05) is 60.7 Å². The molecule has 0 spiro atoms. The van der Waals surface area contributed by atoms with Crippen LogP contribution in [0.4, 0.5) is 0 Å². The molecule has 0 radical (unpaired) electrons. The summed E-state index contributed by atoms with van der Waals surface area (Å²) >= 11 is 0. The summed E-state index contributed by atoms with van der Waals surface area (Å²) in [7, 11) is 0. The zero-order valence-corrected chi connectivity index (χ0v) is 27.3. The maximum atomic E-state index is 6.55. The van der Waals surface area contributed by atoms with Gasteiger partial charge in [0, 0.05) is 29.1 Å². The summed E-state index contributed by atoms with van der Waals surface area (Å²) < 4.78 is 17.1. The molecule has 8 aromatic rings. The first kappa shape index (κ1) is 29.3. The van der Waals surface area contributed by atoms with Gasteiger partial charge in [0.2, 0.25) is 5.88 Å². The SMILES string of the molecule is Cc1ccnc(-n2c3ccccc3c3ccc(Oc4cccc(-n5nc(Oc6ccccc6)c(-c6c(C)cccc6C)c5C)c4)cc32)c1. The summed E-state index contributed by atoms with van der Waals surface area (Å²) in [6.07, 6.45) is 1.86. The van der Waals surface area contributed by atoms with Crippen LogP contribution in [-0.4, -0.2) is 19.3 Å². The number of para-hydroxylation sites is 2. The van der Waals surface area contributed by atoms with Gasteiger partial charge >= 0.3 is 0 Å². The molecule has 0 aliphatic rings. The van der Waals surface area contributed by atoms with Gasteiger partial charge in [0.1, 0.15) is 23.1 Å². The molecule has 8 rings (SSSR count). The summed E-state index contributed by atoms with van der Waals surface area (Å²) in [5.41, 5.74) is 9.59. The molecule has 234 valence electrons. The molecule has 5 aromatic carbocycles. The van der Waals surface area contributed by atoms with Crippen LogP contribution in [-0.2, 0) is 0 Å². The van der Waals surface area contributed by atoms with Crippen molar-refractivity contribution in [3.63, 3.8) is 0 Å². The van der Waals surface area contributed by atoms with Crippen LogP contribution in [0.1, 0.15) is 22.4 Å². The Morgan fingerprint density at radius 1 is 0.542 bits per heavy atom. The third kappa shape index (κ3) is 5.17. The number of rotatable bonds is 7. The fraction of sp³-hybridized carbons (Fsp3) is 0.0952. The molecule has 0 N–H and O–H groups in total. The van der Waals surface area contributed by atoms with Gasteiger partial charge in [-0.2, -0.15) is 0 Å². The molecular formula is C42H34N4O2. The van der Waals surface area contributed by atoms with Gasteiger partial charge in [0.25, 0.3) is 0 Å². The van der Waals surface area contributed by atoms with Crippen LogP contribution in [0.2, 0.25) is 0 Å². The number of ether oxygens (including phenoxy) is 2. The molecule has 6 heteroatoms. The summed E-state index contributed by atoms with van der Waals surface area (Å²) in [6, 6.07) is 43.0. The molecule has 0 unspecified atom stereocenters. The van der Waals surface area contributed by atoms with Gasteiger partial charge < -0.3 is 9.47 Å². The van der Waals surface area contributed by atoms with Crippen LogP contribution in [0.3, 0.4) is 0 Å². The van der Waals surface area contributed by atoms with Crippen molar-refractivity contribution < 1.29 is 9.47 Å². The zero-order valence-electron chi connectivity index (χ0n) is 27.3. The molecule has 3 aromatic heterocycles. The van der Waals surface area contributed by atoms with Gasteiger partial charge in [0.05, 0.1) is 28.0 Å². The lowest BCUT2D eigenvalue weighted by atomic mass is 9.96. The first-order valence-corrected chi connectivity index (χ1v) is 16.1. The number of aryl methyl sites for hydroxylation is 3. The number of hydrogen-bond donors (Lipinski definition) is 0. The van der Waals surface area contributed by atoms with Gasteiger partial charge in [-0.05, 0) is 105 Å². The maximum absolute atomic E-state index is 6.55. The standard InChI is InChI=1S/C42H34N4O2/c1-27-22-23-43-39(24-27)45-37-19-9-8-18-35(37)36-21-20-34(26-38(36)45)47-33-17-11-14-31(25-33)46-30(4)41(40-28(2)12-10-13-29(40)3)42(44-46)48-32-15-6-5-7-16-32/h5-26H,1-4H3. The molecular weight excluding hydrogens is 592 g/mol. The first-order valence-electron chi connectivity index (χ1n) is 16.1. The van der Waals surface area contributed by atoms with E-state index >= 15 is 0 Å². The Bertz CT molecular complexity index is 2440. The lowest BCUT2D eigenvalue weighted by Gasteiger charge is -2.12. The molecule has 0 saturated heterocycles. The predicted molar refractivity (Wildman–Crippen MR) is 193 cm³/mol. The van der Waals surface area contributed by atoms with E-state index in [2.05, 4.69) is 92.9 Å². The number of hydrogen-bond acceptors (Lipinski definition) is 4. The van der Waals surface area contributed by atoms with Crippen molar-refractivity contribution in [3.05, 3.63) is 156 Å². The largest absolute Gasteiger partial charge is 0.457 e. The fourth-order valence-electron chi connectivity index (χ4n) is 6.61. The van der Waals surface area contributed by atoms with Crippen LogP contribution in [0.25, 0.3) is 44.4 Å². The van der Waals surface area contributed by atoms with Crippen molar-refractivity contribution in [2.45, 2.75) is 27.7 Å². The molecule has 0 amide bonds. The van der Waals surface area contributed by atoms with Gasteiger partial charge in [-0.3, -0.25) is 4.57 Å². The second kappa shape index (κ2) is 11.9. The highest BCUT2D eigenvalue weighted by molar-refractivity contribution is 6.09. The normalized spacial score (nSPS) is 11.3. The Morgan fingerprint density at radius 3 is 2.06 bits per heavy atom. The van der Waals surface area contributed by atoms with Gasteiger partial charge in [-0.15, -0.1) is 5.10 Å². The quantitative estimate of drug-likeness (QED) is 0.177. The van der Waals surface area contributed by atoms with E-state index in [0.717, 1.165) is 61.8 Å². The highest BCUT2D eigenvalue weighted by Crippen LogP contribution is 2.41. The number of pyridine rings is 1. The maximum Gasteiger partial charge on any atom is 0.246 e. The van der Waals surface area contributed by atoms with E-state index in [0.29, 0.717) is 11.6 Å².